The molecule has 0 atom stereocenters. The molecule has 0 unspecified atom stereocenters. The molecule has 34 heavy (non-hydrogen) atoms. The second-order valence-electron chi connectivity index (χ2n) is 8.33. The number of allylic oxidation sites excluding steroid dienone is 3. The molecule has 0 amide bonds. The first kappa shape index (κ1) is 21.9. The number of nitrogens with zero attached hydrogens (tertiary/aromatic N) is 3. The molecule has 4 aromatic rings. The third-order valence-electron chi connectivity index (χ3n) is 6.01. The van der Waals surface area contributed by atoms with Crippen molar-refractivity contribution in [1.29, 1.82) is 0 Å². The van der Waals surface area contributed by atoms with Crippen molar-refractivity contribution < 1.29 is 13.2 Å². The standard InChI is InChI=1S/C26H21F3N4O/c1-33-15-19(14-32-33)18-10-22-24(31-13-18)9-7-16-6-8-20(11-21(16)25(22)34)30-12-17-4-2-3-5-23(17)26(27,28)29/h3,5-11,13-15,30H,2,4,12H2,1H3. The fourth-order valence-corrected chi connectivity index (χ4v) is 4.24. The summed E-state index contributed by atoms with van der Waals surface area (Å²) in [5, 5.41) is 8.92. The number of rotatable bonds is 4. The Labute approximate surface area is 193 Å². The summed E-state index contributed by atoms with van der Waals surface area (Å²) in [5.74, 6) is 0. The summed E-state index contributed by atoms with van der Waals surface area (Å²) < 4.78 is 41.7. The Morgan fingerprint density at radius 2 is 1.88 bits per heavy atom. The van der Waals surface area contributed by atoms with Gasteiger partial charge in [-0.25, -0.2) is 0 Å². The molecular weight excluding hydrogens is 441 g/mol. The van der Waals surface area contributed by atoms with Crippen LogP contribution in [0.15, 0.2) is 83.1 Å². The zero-order valence-electron chi connectivity index (χ0n) is 18.4. The highest BCUT2D eigenvalue weighted by Crippen LogP contribution is 2.33. The molecule has 5 nitrogen and oxygen atoms in total. The molecule has 0 bridgehead atoms. The molecule has 172 valence electrons. The highest BCUT2D eigenvalue weighted by atomic mass is 19.4. The Morgan fingerprint density at radius 1 is 1.06 bits per heavy atom. The maximum Gasteiger partial charge on any atom is 0.416 e. The number of fused-ring (bicyclic) bond motifs is 2. The molecule has 0 aliphatic heterocycles. The third-order valence-corrected chi connectivity index (χ3v) is 6.01. The molecule has 2 heterocycles. The van der Waals surface area contributed by atoms with Gasteiger partial charge in [0.1, 0.15) is 0 Å². The molecule has 8 heteroatoms. The molecule has 0 saturated heterocycles. The number of pyridine rings is 1. The van der Waals surface area contributed by atoms with E-state index < -0.39 is 11.7 Å². The maximum atomic E-state index is 13.5. The molecule has 0 fully saturated rings. The summed E-state index contributed by atoms with van der Waals surface area (Å²) in [6.07, 6.45) is 4.50. The summed E-state index contributed by atoms with van der Waals surface area (Å²) in [7, 11) is 1.82. The predicted octanol–water partition coefficient (Wildman–Crippen LogP) is 5.77. The third kappa shape index (κ3) is 4.19. The van der Waals surface area contributed by atoms with Gasteiger partial charge >= 0.3 is 6.18 Å². The Morgan fingerprint density at radius 3 is 2.65 bits per heavy atom. The molecule has 1 N–H and O–H groups in total. The molecule has 2 aromatic carbocycles. The molecule has 0 radical (unpaired) electrons. The van der Waals surface area contributed by atoms with Crippen LogP contribution in [0.4, 0.5) is 18.9 Å². The molecule has 0 spiro atoms. The van der Waals surface area contributed by atoms with Gasteiger partial charge in [0.15, 0.2) is 5.43 Å². The van der Waals surface area contributed by atoms with E-state index in [4.69, 9.17) is 0 Å². The zero-order chi connectivity index (χ0) is 23.9. The van der Waals surface area contributed by atoms with E-state index in [2.05, 4.69) is 15.4 Å². The lowest BCUT2D eigenvalue weighted by Crippen LogP contribution is -2.18. The average molecular weight is 462 g/mol. The fraction of sp³-hybridized carbons (Fsp3) is 0.192. The monoisotopic (exact) mass is 462 g/mol. The Bertz CT molecular complexity index is 1530. The molecular formula is C26H21F3N4O. The van der Waals surface area contributed by atoms with Crippen LogP contribution in [0.2, 0.25) is 0 Å². The van der Waals surface area contributed by atoms with Crippen molar-refractivity contribution in [2.75, 3.05) is 11.9 Å². The Kier molecular flexibility index (Phi) is 5.43. The van der Waals surface area contributed by atoms with Gasteiger partial charge in [0.25, 0.3) is 0 Å². The van der Waals surface area contributed by atoms with Crippen LogP contribution in [0.5, 0.6) is 0 Å². The highest BCUT2D eigenvalue weighted by molar-refractivity contribution is 5.94. The van der Waals surface area contributed by atoms with Crippen LogP contribution in [-0.2, 0) is 7.05 Å². The summed E-state index contributed by atoms with van der Waals surface area (Å²) in [5.41, 5.74) is 2.32. The van der Waals surface area contributed by atoms with Gasteiger partial charge in [0.2, 0.25) is 0 Å². The minimum Gasteiger partial charge on any atom is -0.381 e. The van der Waals surface area contributed by atoms with Gasteiger partial charge in [-0.05, 0) is 48.1 Å². The predicted molar refractivity (Wildman–Crippen MR) is 128 cm³/mol. The van der Waals surface area contributed by atoms with E-state index in [1.807, 2.05) is 19.3 Å². The molecule has 0 saturated carbocycles. The molecule has 5 rings (SSSR count). The van der Waals surface area contributed by atoms with Crippen molar-refractivity contribution in [3.05, 3.63) is 88.5 Å². The second-order valence-corrected chi connectivity index (χ2v) is 8.33. The number of anilines is 1. The number of nitrogens with one attached hydrogen (secondary N) is 1. The summed E-state index contributed by atoms with van der Waals surface area (Å²) >= 11 is 0. The van der Waals surface area contributed by atoms with Crippen LogP contribution in [-0.4, -0.2) is 27.5 Å². The summed E-state index contributed by atoms with van der Waals surface area (Å²) in [4.78, 5) is 17.9. The van der Waals surface area contributed by atoms with Crippen molar-refractivity contribution in [3.63, 3.8) is 0 Å². The van der Waals surface area contributed by atoms with E-state index in [9.17, 15) is 18.0 Å². The van der Waals surface area contributed by atoms with Gasteiger partial charge < -0.3 is 5.32 Å². The van der Waals surface area contributed by atoms with Crippen LogP contribution >= 0.6 is 0 Å². The van der Waals surface area contributed by atoms with Crippen molar-refractivity contribution in [2.45, 2.75) is 19.0 Å². The van der Waals surface area contributed by atoms with E-state index in [1.54, 1.807) is 53.5 Å². The number of halogens is 3. The number of hydrogen-bond donors (Lipinski definition) is 1. The van der Waals surface area contributed by atoms with Gasteiger partial charge in [-0.3, -0.25) is 14.5 Å². The van der Waals surface area contributed by atoms with E-state index in [1.165, 1.54) is 0 Å². The Balaban J connectivity index is 1.55. The quantitative estimate of drug-likeness (QED) is 0.418. The Hall–Kier alpha value is -3.94. The molecule has 1 aliphatic rings. The van der Waals surface area contributed by atoms with E-state index in [0.717, 1.165) is 22.6 Å². The smallest absolute Gasteiger partial charge is 0.381 e. The SMILES string of the molecule is Cn1cc(-c2cnc3ccc4ccc(NCC5=C(C(F)(F)F)C=CCC5)cc4c(=O)c3c2)cn1. The first-order valence-electron chi connectivity index (χ1n) is 10.8. The van der Waals surface area contributed by atoms with Gasteiger partial charge in [-0.2, -0.15) is 18.3 Å². The van der Waals surface area contributed by atoms with Gasteiger partial charge in [-0.1, -0.05) is 24.3 Å². The molecule has 1 aliphatic carbocycles. The number of aromatic nitrogens is 3. The van der Waals surface area contributed by atoms with Gasteiger partial charge in [0, 0.05) is 53.6 Å². The van der Waals surface area contributed by atoms with Crippen molar-refractivity contribution in [3.8, 4) is 11.1 Å². The van der Waals surface area contributed by atoms with Gasteiger partial charge in [-0.15, -0.1) is 0 Å². The lowest BCUT2D eigenvalue weighted by molar-refractivity contribution is -0.0893. The normalized spacial score (nSPS) is 14.2. The number of aryl methyl sites for hydroxylation is 1. The minimum atomic E-state index is -4.38. The van der Waals surface area contributed by atoms with E-state index in [-0.39, 0.29) is 12.0 Å². The topological polar surface area (TPSA) is 59.8 Å². The zero-order valence-corrected chi connectivity index (χ0v) is 18.4. The number of hydrogen-bond acceptors (Lipinski definition) is 4. The highest BCUT2D eigenvalue weighted by Gasteiger charge is 2.35. The number of alkyl halides is 3. The van der Waals surface area contributed by atoms with Crippen LogP contribution in [0.1, 0.15) is 12.8 Å². The lowest BCUT2D eigenvalue weighted by Gasteiger charge is -2.19. The van der Waals surface area contributed by atoms with Crippen molar-refractivity contribution in [1.82, 2.24) is 14.8 Å². The largest absolute Gasteiger partial charge is 0.416 e. The minimum absolute atomic E-state index is 0.0608. The van der Waals surface area contributed by atoms with Crippen molar-refractivity contribution in [2.24, 2.45) is 7.05 Å². The summed E-state index contributed by atoms with van der Waals surface area (Å²) in [6, 6.07) is 10.7. The average Bonchev–Trinajstić information content (AvgIpc) is 3.21. The molecule has 2 aromatic heterocycles. The maximum absolute atomic E-state index is 13.5. The van der Waals surface area contributed by atoms with Crippen LogP contribution < -0.4 is 10.7 Å². The first-order valence-corrected chi connectivity index (χ1v) is 10.8. The second kappa shape index (κ2) is 8.44. The van der Waals surface area contributed by atoms with Crippen LogP contribution in [0.3, 0.4) is 0 Å². The van der Waals surface area contributed by atoms with E-state index >= 15 is 0 Å². The van der Waals surface area contributed by atoms with Gasteiger partial charge in [0.05, 0.1) is 17.3 Å². The lowest BCUT2D eigenvalue weighted by atomic mass is 9.97. The number of benzene rings is 1. The van der Waals surface area contributed by atoms with Crippen molar-refractivity contribution >= 4 is 27.4 Å². The van der Waals surface area contributed by atoms with Crippen LogP contribution in [0.25, 0.3) is 32.8 Å². The van der Waals surface area contributed by atoms with Crippen LogP contribution in [0, 0.1) is 0 Å². The first-order chi connectivity index (χ1) is 16.3. The summed E-state index contributed by atoms with van der Waals surface area (Å²) in [6.45, 7) is 0.0608. The fourth-order valence-electron chi connectivity index (χ4n) is 4.24. The van der Waals surface area contributed by atoms with E-state index in [0.29, 0.717) is 40.4 Å².